The Morgan fingerprint density at radius 1 is 1.22 bits per heavy atom. The summed E-state index contributed by atoms with van der Waals surface area (Å²) in [6.45, 7) is 0.610. The van der Waals surface area contributed by atoms with Crippen molar-refractivity contribution in [3.63, 3.8) is 0 Å². The highest BCUT2D eigenvalue weighted by Gasteiger charge is 2.15. The summed E-state index contributed by atoms with van der Waals surface area (Å²) in [5.74, 6) is -0.0904. The molecule has 23 heavy (non-hydrogen) atoms. The van der Waals surface area contributed by atoms with Crippen molar-refractivity contribution in [1.29, 1.82) is 0 Å². The highest BCUT2D eigenvalue weighted by atomic mass is 16.1. The number of aromatic amines is 1. The van der Waals surface area contributed by atoms with E-state index in [1.54, 1.807) is 6.20 Å². The molecule has 0 fully saturated rings. The molecular formula is C18H20N4O. The van der Waals surface area contributed by atoms with Crippen LogP contribution in [-0.2, 0) is 0 Å². The van der Waals surface area contributed by atoms with Gasteiger partial charge in [-0.3, -0.25) is 9.89 Å². The number of rotatable bonds is 6. The van der Waals surface area contributed by atoms with E-state index in [0.717, 1.165) is 29.3 Å². The second-order valence-electron chi connectivity index (χ2n) is 5.54. The summed E-state index contributed by atoms with van der Waals surface area (Å²) in [5, 5.41) is 11.0. The topological polar surface area (TPSA) is 83.8 Å². The Morgan fingerprint density at radius 2 is 2.04 bits per heavy atom. The minimum Gasteiger partial charge on any atom is -0.345 e. The number of nitrogens with one attached hydrogen (secondary N) is 2. The molecule has 3 aromatic rings. The number of nitrogens with zero attached hydrogens (tertiary/aromatic N) is 1. The molecule has 1 unspecified atom stereocenters. The number of hydrogen-bond donors (Lipinski definition) is 3. The van der Waals surface area contributed by atoms with E-state index in [9.17, 15) is 4.79 Å². The van der Waals surface area contributed by atoms with E-state index >= 15 is 0 Å². The van der Waals surface area contributed by atoms with Crippen LogP contribution in [0.1, 0.15) is 34.8 Å². The van der Waals surface area contributed by atoms with Crippen molar-refractivity contribution in [2.45, 2.75) is 18.9 Å². The standard InChI is InChI=1S/C18H20N4O/c19-10-4-7-16(13-5-2-1-3-6-13)21-18(23)14-8-9-15-12-20-22-17(15)11-14/h1-3,5-6,8-9,11-12,16H,4,7,10,19H2,(H,20,22)(H,21,23). The second-order valence-corrected chi connectivity index (χ2v) is 5.54. The Hall–Kier alpha value is -2.66. The first-order chi connectivity index (χ1) is 11.3. The maximum Gasteiger partial charge on any atom is 0.251 e. The van der Waals surface area contributed by atoms with Crippen LogP contribution in [0.15, 0.2) is 54.7 Å². The van der Waals surface area contributed by atoms with Crippen LogP contribution >= 0.6 is 0 Å². The van der Waals surface area contributed by atoms with E-state index in [4.69, 9.17) is 5.73 Å². The fraction of sp³-hybridized carbons (Fsp3) is 0.222. The first-order valence-electron chi connectivity index (χ1n) is 7.77. The zero-order chi connectivity index (χ0) is 16.1. The number of fused-ring (bicyclic) bond motifs is 1. The summed E-state index contributed by atoms with van der Waals surface area (Å²) >= 11 is 0. The molecule has 0 aliphatic heterocycles. The summed E-state index contributed by atoms with van der Waals surface area (Å²) in [7, 11) is 0. The third kappa shape index (κ3) is 3.57. The summed E-state index contributed by atoms with van der Waals surface area (Å²) in [6.07, 6.45) is 3.42. The number of aromatic nitrogens is 2. The Morgan fingerprint density at radius 3 is 2.83 bits per heavy atom. The molecule has 2 aromatic carbocycles. The smallest absolute Gasteiger partial charge is 0.251 e. The third-order valence-corrected chi connectivity index (χ3v) is 3.91. The number of H-pyrrole nitrogens is 1. The molecular weight excluding hydrogens is 288 g/mol. The monoisotopic (exact) mass is 308 g/mol. The summed E-state index contributed by atoms with van der Waals surface area (Å²) in [6, 6.07) is 15.5. The lowest BCUT2D eigenvalue weighted by Gasteiger charge is -2.19. The van der Waals surface area contributed by atoms with E-state index in [-0.39, 0.29) is 11.9 Å². The van der Waals surface area contributed by atoms with Crippen LogP contribution in [0.4, 0.5) is 0 Å². The van der Waals surface area contributed by atoms with Crippen LogP contribution in [-0.4, -0.2) is 22.6 Å². The SMILES string of the molecule is NCCCC(NC(=O)c1ccc2cn[nH]c2c1)c1ccccc1. The Bertz CT molecular complexity index is 782. The van der Waals surface area contributed by atoms with Crippen molar-refractivity contribution in [3.8, 4) is 0 Å². The molecule has 118 valence electrons. The largest absolute Gasteiger partial charge is 0.345 e. The van der Waals surface area contributed by atoms with Gasteiger partial charge in [-0.25, -0.2) is 0 Å². The van der Waals surface area contributed by atoms with Crippen LogP contribution < -0.4 is 11.1 Å². The summed E-state index contributed by atoms with van der Waals surface area (Å²) in [5.41, 5.74) is 8.20. The molecule has 1 heterocycles. The van der Waals surface area contributed by atoms with Gasteiger partial charge in [0.25, 0.3) is 5.91 Å². The molecule has 0 spiro atoms. The van der Waals surface area contributed by atoms with Crippen LogP contribution in [0.3, 0.4) is 0 Å². The number of hydrogen-bond acceptors (Lipinski definition) is 3. The van der Waals surface area contributed by atoms with Crippen molar-refractivity contribution in [2.75, 3.05) is 6.54 Å². The van der Waals surface area contributed by atoms with Crippen LogP contribution in [0.2, 0.25) is 0 Å². The first-order valence-corrected chi connectivity index (χ1v) is 7.77. The minimum atomic E-state index is -0.0904. The van der Waals surface area contributed by atoms with Crippen molar-refractivity contribution >= 4 is 16.8 Å². The van der Waals surface area contributed by atoms with Gasteiger partial charge in [-0.05, 0) is 37.1 Å². The lowest BCUT2D eigenvalue weighted by Crippen LogP contribution is -2.29. The fourth-order valence-corrected chi connectivity index (χ4v) is 2.65. The minimum absolute atomic E-state index is 0.0373. The van der Waals surface area contributed by atoms with Crippen LogP contribution in [0.25, 0.3) is 10.9 Å². The van der Waals surface area contributed by atoms with Gasteiger partial charge in [0, 0.05) is 10.9 Å². The molecule has 0 aliphatic carbocycles. The zero-order valence-corrected chi connectivity index (χ0v) is 12.8. The third-order valence-electron chi connectivity index (χ3n) is 3.91. The van der Waals surface area contributed by atoms with Gasteiger partial charge < -0.3 is 11.1 Å². The molecule has 0 radical (unpaired) electrons. The van der Waals surface area contributed by atoms with E-state index in [0.29, 0.717) is 12.1 Å². The zero-order valence-electron chi connectivity index (χ0n) is 12.8. The number of benzene rings is 2. The van der Waals surface area contributed by atoms with Gasteiger partial charge in [0.05, 0.1) is 17.8 Å². The van der Waals surface area contributed by atoms with E-state index in [1.807, 2.05) is 48.5 Å². The predicted octanol–water partition coefficient (Wildman–Crippen LogP) is 2.77. The Labute approximate surface area is 134 Å². The number of amides is 1. The fourth-order valence-electron chi connectivity index (χ4n) is 2.65. The number of carbonyl (C=O) groups is 1. The predicted molar refractivity (Wildman–Crippen MR) is 91.0 cm³/mol. The molecule has 5 heteroatoms. The Balaban J connectivity index is 1.79. The maximum absolute atomic E-state index is 12.6. The average Bonchev–Trinajstić information content (AvgIpc) is 3.06. The van der Waals surface area contributed by atoms with Gasteiger partial charge in [0.2, 0.25) is 0 Å². The number of carbonyl (C=O) groups excluding carboxylic acids is 1. The molecule has 1 atom stereocenters. The van der Waals surface area contributed by atoms with Gasteiger partial charge in [-0.15, -0.1) is 0 Å². The maximum atomic E-state index is 12.6. The number of nitrogens with two attached hydrogens (primary N) is 1. The first kappa shape index (κ1) is 15.2. The molecule has 3 rings (SSSR count). The second kappa shape index (κ2) is 7.07. The quantitative estimate of drug-likeness (QED) is 0.654. The van der Waals surface area contributed by atoms with Crippen LogP contribution in [0.5, 0.6) is 0 Å². The van der Waals surface area contributed by atoms with Crippen molar-refractivity contribution in [3.05, 3.63) is 65.9 Å². The molecule has 0 saturated carbocycles. The average molecular weight is 308 g/mol. The van der Waals surface area contributed by atoms with Gasteiger partial charge in [0.15, 0.2) is 0 Å². The summed E-state index contributed by atoms with van der Waals surface area (Å²) in [4.78, 5) is 12.6. The Kier molecular flexibility index (Phi) is 4.68. The van der Waals surface area contributed by atoms with Gasteiger partial charge >= 0.3 is 0 Å². The van der Waals surface area contributed by atoms with Gasteiger partial charge in [-0.1, -0.05) is 36.4 Å². The highest BCUT2D eigenvalue weighted by Crippen LogP contribution is 2.19. The van der Waals surface area contributed by atoms with E-state index < -0.39 is 0 Å². The molecule has 4 N–H and O–H groups in total. The lowest BCUT2D eigenvalue weighted by molar-refractivity contribution is 0.0934. The van der Waals surface area contributed by atoms with Crippen molar-refractivity contribution in [1.82, 2.24) is 15.5 Å². The molecule has 1 amide bonds. The molecule has 5 nitrogen and oxygen atoms in total. The van der Waals surface area contributed by atoms with Crippen molar-refractivity contribution < 1.29 is 4.79 Å². The van der Waals surface area contributed by atoms with E-state index in [2.05, 4.69) is 15.5 Å². The molecule has 0 saturated heterocycles. The summed E-state index contributed by atoms with van der Waals surface area (Å²) < 4.78 is 0. The molecule has 0 aliphatic rings. The van der Waals surface area contributed by atoms with Crippen LogP contribution in [0, 0.1) is 0 Å². The lowest BCUT2D eigenvalue weighted by atomic mass is 10.0. The highest BCUT2D eigenvalue weighted by molar-refractivity contribution is 5.97. The van der Waals surface area contributed by atoms with Gasteiger partial charge in [0.1, 0.15) is 0 Å². The van der Waals surface area contributed by atoms with Gasteiger partial charge in [-0.2, -0.15) is 5.10 Å². The van der Waals surface area contributed by atoms with Crippen molar-refractivity contribution in [2.24, 2.45) is 5.73 Å². The molecule has 0 bridgehead atoms. The molecule has 1 aromatic heterocycles. The normalized spacial score (nSPS) is 12.2. The van der Waals surface area contributed by atoms with E-state index in [1.165, 1.54) is 0 Å².